The maximum atomic E-state index is 13.1. The van der Waals surface area contributed by atoms with E-state index in [-0.39, 0.29) is 29.8 Å². The van der Waals surface area contributed by atoms with Gasteiger partial charge in [-0.3, -0.25) is 24.5 Å². The van der Waals surface area contributed by atoms with Crippen LogP contribution in [-0.4, -0.2) is 54.5 Å². The zero-order valence-electron chi connectivity index (χ0n) is 19.0. The average Bonchev–Trinajstić information content (AvgIpc) is 3.60. The molecule has 4 aromatic rings. The van der Waals surface area contributed by atoms with Crippen LogP contribution in [0.2, 0.25) is 0 Å². The number of rotatable bonds is 5. The number of nitrogens with one attached hydrogen (secondary N) is 3. The second-order valence-electron chi connectivity index (χ2n) is 8.83. The lowest BCUT2D eigenvalue weighted by Gasteiger charge is -2.29. The van der Waals surface area contributed by atoms with Crippen LogP contribution in [0.1, 0.15) is 44.8 Å². The molecule has 1 fully saturated rings. The second kappa shape index (κ2) is 8.45. The van der Waals surface area contributed by atoms with Gasteiger partial charge in [0.25, 0.3) is 11.8 Å². The molecular formula is C25H21N7O4. The number of piperidine rings is 1. The molecule has 1 saturated heterocycles. The molecule has 4 heterocycles. The van der Waals surface area contributed by atoms with E-state index in [1.54, 1.807) is 18.2 Å². The van der Waals surface area contributed by atoms with E-state index in [1.165, 1.54) is 15.8 Å². The Labute approximate surface area is 204 Å². The van der Waals surface area contributed by atoms with Crippen molar-refractivity contribution in [2.45, 2.75) is 32.0 Å². The highest BCUT2D eigenvalue weighted by Gasteiger charge is 2.39. The number of fused-ring (bicyclic) bond motifs is 2. The fraction of sp³-hybridized carbons (Fsp3) is 0.200. The maximum Gasteiger partial charge on any atom is 0.273 e. The molecule has 4 amide bonds. The number of H-pyrrole nitrogens is 1. The van der Waals surface area contributed by atoms with Crippen molar-refractivity contribution in [1.82, 2.24) is 35.5 Å². The van der Waals surface area contributed by atoms with Gasteiger partial charge in [0.05, 0.1) is 11.9 Å². The molecule has 1 unspecified atom stereocenters. The molecule has 0 saturated carbocycles. The van der Waals surface area contributed by atoms with Crippen molar-refractivity contribution < 1.29 is 19.2 Å². The van der Waals surface area contributed by atoms with E-state index >= 15 is 0 Å². The summed E-state index contributed by atoms with van der Waals surface area (Å²) in [5.41, 5.74) is 3.91. The molecule has 180 valence electrons. The molecule has 36 heavy (non-hydrogen) atoms. The third-order valence-corrected chi connectivity index (χ3v) is 6.62. The van der Waals surface area contributed by atoms with E-state index in [2.05, 4.69) is 25.9 Å². The smallest absolute Gasteiger partial charge is 0.273 e. The van der Waals surface area contributed by atoms with Gasteiger partial charge < -0.3 is 15.2 Å². The number of carbonyl (C=O) groups excluding carboxylic acids is 4. The number of aromatic nitrogens is 4. The van der Waals surface area contributed by atoms with E-state index in [4.69, 9.17) is 0 Å². The molecule has 0 radical (unpaired) electrons. The number of carbonyl (C=O) groups is 4. The average molecular weight is 483 g/mol. The number of imide groups is 1. The van der Waals surface area contributed by atoms with Gasteiger partial charge in [-0.1, -0.05) is 29.5 Å². The van der Waals surface area contributed by atoms with Crippen LogP contribution in [0, 0.1) is 0 Å². The Balaban J connectivity index is 1.16. The highest BCUT2D eigenvalue weighted by atomic mass is 16.2. The normalized spacial score (nSPS) is 17.4. The molecule has 0 bridgehead atoms. The largest absolute Gasteiger partial charge is 0.361 e. The van der Waals surface area contributed by atoms with Crippen molar-refractivity contribution in [3.8, 4) is 5.69 Å². The summed E-state index contributed by atoms with van der Waals surface area (Å²) < 4.78 is 1.43. The number of hydrogen-bond donors (Lipinski definition) is 3. The summed E-state index contributed by atoms with van der Waals surface area (Å²) in [5, 5.41) is 14.2. The summed E-state index contributed by atoms with van der Waals surface area (Å²) >= 11 is 0. The van der Waals surface area contributed by atoms with Crippen molar-refractivity contribution in [3.63, 3.8) is 0 Å². The summed E-state index contributed by atoms with van der Waals surface area (Å²) in [6.07, 6.45) is 3.87. The Kier molecular flexibility index (Phi) is 5.10. The van der Waals surface area contributed by atoms with Gasteiger partial charge in [-0.2, -0.15) is 0 Å². The lowest BCUT2D eigenvalue weighted by molar-refractivity contribution is -0.136. The van der Waals surface area contributed by atoms with Gasteiger partial charge in [-0.05, 0) is 35.7 Å². The molecule has 2 aliphatic rings. The maximum absolute atomic E-state index is 13.1. The third kappa shape index (κ3) is 3.70. The fourth-order valence-electron chi connectivity index (χ4n) is 4.72. The van der Waals surface area contributed by atoms with Crippen molar-refractivity contribution in [2.75, 3.05) is 0 Å². The van der Waals surface area contributed by atoms with E-state index in [0.717, 1.165) is 22.0 Å². The quantitative estimate of drug-likeness (QED) is 0.367. The number of benzene rings is 2. The monoisotopic (exact) mass is 483 g/mol. The van der Waals surface area contributed by atoms with Gasteiger partial charge >= 0.3 is 0 Å². The predicted molar refractivity (Wildman–Crippen MR) is 127 cm³/mol. The summed E-state index contributed by atoms with van der Waals surface area (Å²) in [5.74, 6) is -1.42. The number of aromatic amines is 1. The highest BCUT2D eigenvalue weighted by molar-refractivity contribution is 6.05. The standard InChI is InChI=1S/C25H21N7O4/c33-22-8-7-21(24(35)28-22)31-12-14-5-6-16(9-18(14)25(31)36)32-13-20(29-30-32)23(34)27-11-15-10-26-19-4-2-1-3-17(15)19/h1-6,9-10,13,21,26H,7-8,11-12H2,(H,27,34)(H,28,33,35). The summed E-state index contributed by atoms with van der Waals surface area (Å²) in [6.45, 7) is 0.624. The zero-order valence-corrected chi connectivity index (χ0v) is 19.0. The molecule has 2 aromatic carbocycles. The van der Waals surface area contributed by atoms with Crippen LogP contribution in [0.25, 0.3) is 16.6 Å². The first-order valence-electron chi connectivity index (χ1n) is 11.5. The molecule has 2 aliphatic heterocycles. The van der Waals surface area contributed by atoms with Crippen molar-refractivity contribution in [1.29, 1.82) is 0 Å². The van der Waals surface area contributed by atoms with Gasteiger partial charge in [-0.25, -0.2) is 4.68 Å². The Morgan fingerprint density at radius 1 is 1.14 bits per heavy atom. The first-order valence-corrected chi connectivity index (χ1v) is 11.5. The van der Waals surface area contributed by atoms with Gasteiger partial charge in [0.15, 0.2) is 5.69 Å². The first-order chi connectivity index (χ1) is 17.5. The van der Waals surface area contributed by atoms with Crippen LogP contribution >= 0.6 is 0 Å². The van der Waals surface area contributed by atoms with Gasteiger partial charge in [0, 0.05) is 42.2 Å². The predicted octanol–water partition coefficient (Wildman–Crippen LogP) is 1.44. The molecule has 11 heteroatoms. The second-order valence-corrected chi connectivity index (χ2v) is 8.83. The van der Waals surface area contributed by atoms with Crippen LogP contribution < -0.4 is 10.6 Å². The van der Waals surface area contributed by atoms with Crippen LogP contribution in [-0.2, 0) is 22.7 Å². The molecule has 6 rings (SSSR count). The molecule has 0 spiro atoms. The molecular weight excluding hydrogens is 462 g/mol. The Hall–Kier alpha value is -4.80. The van der Waals surface area contributed by atoms with E-state index in [1.807, 2.05) is 30.5 Å². The van der Waals surface area contributed by atoms with Crippen LogP contribution in [0.5, 0.6) is 0 Å². The van der Waals surface area contributed by atoms with Gasteiger partial charge in [-0.15, -0.1) is 5.10 Å². The first kappa shape index (κ1) is 21.7. The number of amides is 4. The van der Waals surface area contributed by atoms with Gasteiger partial charge in [0.2, 0.25) is 11.8 Å². The Morgan fingerprint density at radius 2 is 2.00 bits per heavy atom. The fourth-order valence-corrected chi connectivity index (χ4v) is 4.72. The zero-order chi connectivity index (χ0) is 24.8. The van der Waals surface area contributed by atoms with Crippen LogP contribution in [0.4, 0.5) is 0 Å². The van der Waals surface area contributed by atoms with Crippen molar-refractivity contribution in [3.05, 3.63) is 77.2 Å². The topological polar surface area (TPSA) is 142 Å². The molecule has 2 aromatic heterocycles. The lowest BCUT2D eigenvalue weighted by atomic mass is 10.0. The molecule has 1 atom stereocenters. The van der Waals surface area contributed by atoms with Crippen molar-refractivity contribution >= 4 is 34.5 Å². The Morgan fingerprint density at radius 3 is 2.86 bits per heavy atom. The summed E-state index contributed by atoms with van der Waals surface area (Å²) in [7, 11) is 0. The Bertz CT molecular complexity index is 1550. The summed E-state index contributed by atoms with van der Waals surface area (Å²) in [6, 6.07) is 12.4. The number of hydrogen-bond acceptors (Lipinski definition) is 6. The summed E-state index contributed by atoms with van der Waals surface area (Å²) in [4.78, 5) is 54.1. The molecule has 0 aliphatic carbocycles. The minimum absolute atomic E-state index is 0.145. The van der Waals surface area contributed by atoms with Gasteiger partial charge in [0.1, 0.15) is 6.04 Å². The SMILES string of the molecule is O=C1CCC(N2Cc3ccc(-n4cc(C(=O)NCc5c[nH]c6ccccc56)nn4)cc3C2=O)C(=O)N1. The molecule has 11 nitrogen and oxygen atoms in total. The minimum Gasteiger partial charge on any atom is -0.361 e. The van der Waals surface area contributed by atoms with Crippen LogP contribution in [0.15, 0.2) is 54.9 Å². The highest BCUT2D eigenvalue weighted by Crippen LogP contribution is 2.29. The lowest BCUT2D eigenvalue weighted by Crippen LogP contribution is -2.52. The minimum atomic E-state index is -0.676. The van der Waals surface area contributed by atoms with Crippen molar-refractivity contribution in [2.24, 2.45) is 0 Å². The number of para-hydroxylation sites is 1. The van der Waals surface area contributed by atoms with E-state index in [9.17, 15) is 19.2 Å². The van der Waals surface area contributed by atoms with E-state index < -0.39 is 11.9 Å². The van der Waals surface area contributed by atoms with Crippen LogP contribution in [0.3, 0.4) is 0 Å². The van der Waals surface area contributed by atoms with E-state index in [0.29, 0.717) is 30.8 Å². The third-order valence-electron chi connectivity index (χ3n) is 6.62. The molecule has 3 N–H and O–H groups in total. The number of nitrogens with zero attached hydrogens (tertiary/aromatic N) is 4.